The monoisotopic (exact) mass is 355 g/mol. The molecule has 0 bridgehead atoms. The molecule has 5 nitrogen and oxygen atoms in total. The molecule has 1 saturated heterocycles. The maximum absolute atomic E-state index is 13.2. The van der Waals surface area contributed by atoms with Crippen molar-refractivity contribution < 1.29 is 14.0 Å². The third-order valence-electron chi connectivity index (χ3n) is 4.07. The van der Waals surface area contributed by atoms with Crippen LogP contribution in [-0.4, -0.2) is 36.5 Å². The first kappa shape index (κ1) is 18.5. The minimum atomic E-state index is -0.520. The van der Waals surface area contributed by atoms with Crippen LogP contribution in [0.5, 0.6) is 0 Å². The largest absolute Gasteiger partial charge is 0.356 e. The van der Waals surface area contributed by atoms with E-state index in [4.69, 9.17) is 11.6 Å². The lowest BCUT2D eigenvalue weighted by Gasteiger charge is -2.33. The molecular formula is C17H23ClFN3O2. The number of hydrogen-bond acceptors (Lipinski definition) is 2. The van der Waals surface area contributed by atoms with Gasteiger partial charge in [-0.1, -0.05) is 25.4 Å². The lowest BCUT2D eigenvalue weighted by Crippen LogP contribution is -2.45. The first-order valence-electron chi connectivity index (χ1n) is 8.15. The molecule has 0 radical (unpaired) electrons. The van der Waals surface area contributed by atoms with Crippen LogP contribution in [-0.2, 0) is 4.79 Å². The standard InChI is InChI=1S/C17H23ClFN3O2/c1-11(2)16(23)20-9-12-4-3-7-22(10-12)17(24)21-13-5-6-15(19)14(18)8-13/h5-6,8,11-12H,3-4,7,9-10H2,1-2H3,(H,20,23)(H,21,24). The maximum Gasteiger partial charge on any atom is 0.321 e. The van der Waals surface area contributed by atoms with Crippen molar-refractivity contribution >= 4 is 29.2 Å². The van der Waals surface area contributed by atoms with E-state index in [0.717, 1.165) is 12.8 Å². The smallest absolute Gasteiger partial charge is 0.321 e. The van der Waals surface area contributed by atoms with Crippen LogP contribution in [0.25, 0.3) is 0 Å². The lowest BCUT2D eigenvalue weighted by atomic mass is 9.98. The lowest BCUT2D eigenvalue weighted by molar-refractivity contribution is -0.124. The fourth-order valence-corrected chi connectivity index (χ4v) is 2.82. The summed E-state index contributed by atoms with van der Waals surface area (Å²) in [7, 11) is 0. The summed E-state index contributed by atoms with van der Waals surface area (Å²) in [5.74, 6) is -0.300. The summed E-state index contributed by atoms with van der Waals surface area (Å²) in [6.45, 7) is 5.52. The molecule has 3 amide bonds. The van der Waals surface area contributed by atoms with E-state index in [9.17, 15) is 14.0 Å². The first-order valence-corrected chi connectivity index (χ1v) is 8.53. The van der Waals surface area contributed by atoms with Crippen molar-refractivity contribution in [3.05, 3.63) is 29.0 Å². The molecule has 1 fully saturated rings. The minimum absolute atomic E-state index is 0.0255. The SMILES string of the molecule is CC(C)C(=O)NCC1CCCN(C(=O)Nc2ccc(F)c(Cl)c2)C1. The summed E-state index contributed by atoms with van der Waals surface area (Å²) in [5.41, 5.74) is 0.460. The first-order chi connectivity index (χ1) is 11.4. The fraction of sp³-hybridized carbons (Fsp3) is 0.529. The van der Waals surface area contributed by atoms with Gasteiger partial charge in [-0.05, 0) is 37.0 Å². The van der Waals surface area contributed by atoms with E-state index in [-0.39, 0.29) is 28.8 Å². The van der Waals surface area contributed by atoms with E-state index in [1.165, 1.54) is 18.2 Å². The van der Waals surface area contributed by atoms with Gasteiger partial charge in [0.05, 0.1) is 5.02 Å². The Morgan fingerprint density at radius 1 is 1.42 bits per heavy atom. The van der Waals surface area contributed by atoms with Gasteiger partial charge in [0.2, 0.25) is 5.91 Å². The number of halogens is 2. The molecule has 2 rings (SSSR count). The number of anilines is 1. The fourth-order valence-electron chi connectivity index (χ4n) is 2.64. The van der Waals surface area contributed by atoms with E-state index >= 15 is 0 Å². The van der Waals surface area contributed by atoms with Crippen molar-refractivity contribution in [2.75, 3.05) is 25.0 Å². The number of piperidine rings is 1. The number of amides is 3. The van der Waals surface area contributed by atoms with Gasteiger partial charge in [-0.25, -0.2) is 9.18 Å². The van der Waals surface area contributed by atoms with Gasteiger partial charge in [0.25, 0.3) is 0 Å². The highest BCUT2D eigenvalue weighted by molar-refractivity contribution is 6.31. The summed E-state index contributed by atoms with van der Waals surface area (Å²) in [5, 5.41) is 5.62. The normalized spacial score (nSPS) is 17.7. The van der Waals surface area contributed by atoms with Crippen LogP contribution in [0, 0.1) is 17.7 Å². The Bertz CT molecular complexity index is 609. The Balaban J connectivity index is 1.87. The number of likely N-dealkylation sites (tertiary alicyclic amines) is 1. The number of nitrogens with zero attached hydrogens (tertiary/aromatic N) is 1. The third kappa shape index (κ3) is 5.09. The van der Waals surface area contributed by atoms with E-state index in [2.05, 4.69) is 10.6 Å². The second kappa shape index (κ2) is 8.33. The Kier molecular flexibility index (Phi) is 6.43. The summed E-state index contributed by atoms with van der Waals surface area (Å²) in [4.78, 5) is 25.7. The van der Waals surface area contributed by atoms with Crippen molar-refractivity contribution in [2.24, 2.45) is 11.8 Å². The second-order valence-electron chi connectivity index (χ2n) is 6.41. The van der Waals surface area contributed by atoms with Gasteiger partial charge in [0.1, 0.15) is 5.82 Å². The van der Waals surface area contributed by atoms with Gasteiger partial charge < -0.3 is 15.5 Å². The van der Waals surface area contributed by atoms with Crippen LogP contribution in [0.4, 0.5) is 14.9 Å². The Hall–Kier alpha value is -1.82. The average Bonchev–Trinajstić information content (AvgIpc) is 2.56. The number of rotatable bonds is 4. The number of carbonyl (C=O) groups is 2. The molecule has 1 heterocycles. The molecule has 1 aromatic rings. The highest BCUT2D eigenvalue weighted by Gasteiger charge is 2.24. The molecule has 0 aliphatic carbocycles. The zero-order valence-corrected chi connectivity index (χ0v) is 14.7. The number of nitrogens with one attached hydrogen (secondary N) is 2. The van der Waals surface area contributed by atoms with Crippen LogP contribution in [0.15, 0.2) is 18.2 Å². The highest BCUT2D eigenvalue weighted by Crippen LogP contribution is 2.21. The van der Waals surface area contributed by atoms with Crippen molar-refractivity contribution in [1.82, 2.24) is 10.2 Å². The Morgan fingerprint density at radius 2 is 2.17 bits per heavy atom. The van der Waals surface area contributed by atoms with Crippen molar-refractivity contribution in [1.29, 1.82) is 0 Å². The second-order valence-corrected chi connectivity index (χ2v) is 6.82. The minimum Gasteiger partial charge on any atom is -0.356 e. The van der Waals surface area contributed by atoms with E-state index < -0.39 is 5.82 Å². The molecule has 1 aromatic carbocycles. The van der Waals surface area contributed by atoms with Gasteiger partial charge in [0, 0.05) is 31.2 Å². The van der Waals surface area contributed by atoms with E-state index in [1.807, 2.05) is 13.8 Å². The average molecular weight is 356 g/mol. The van der Waals surface area contributed by atoms with Gasteiger partial charge >= 0.3 is 6.03 Å². The molecule has 7 heteroatoms. The molecule has 1 aliphatic heterocycles. The van der Waals surface area contributed by atoms with Crippen molar-refractivity contribution in [3.8, 4) is 0 Å². The molecular weight excluding hydrogens is 333 g/mol. The van der Waals surface area contributed by atoms with Gasteiger partial charge in [-0.15, -0.1) is 0 Å². The van der Waals surface area contributed by atoms with Gasteiger partial charge in [-0.3, -0.25) is 4.79 Å². The molecule has 0 aromatic heterocycles. The predicted molar refractivity (Wildman–Crippen MR) is 92.6 cm³/mol. The van der Waals surface area contributed by atoms with Crippen LogP contribution in [0.3, 0.4) is 0 Å². The summed E-state index contributed by atoms with van der Waals surface area (Å²) >= 11 is 5.72. The van der Waals surface area contributed by atoms with E-state index in [0.29, 0.717) is 25.3 Å². The molecule has 2 N–H and O–H groups in total. The number of urea groups is 1. The van der Waals surface area contributed by atoms with Gasteiger partial charge in [-0.2, -0.15) is 0 Å². The van der Waals surface area contributed by atoms with Crippen LogP contribution >= 0.6 is 11.6 Å². The molecule has 1 unspecified atom stereocenters. The predicted octanol–water partition coefficient (Wildman–Crippen LogP) is 3.50. The van der Waals surface area contributed by atoms with E-state index in [1.54, 1.807) is 4.90 Å². The summed E-state index contributed by atoms with van der Waals surface area (Å²) < 4.78 is 13.2. The summed E-state index contributed by atoms with van der Waals surface area (Å²) in [6, 6.07) is 3.85. The van der Waals surface area contributed by atoms with Crippen LogP contribution < -0.4 is 10.6 Å². The quantitative estimate of drug-likeness (QED) is 0.868. The molecule has 132 valence electrons. The zero-order chi connectivity index (χ0) is 17.7. The van der Waals surface area contributed by atoms with Crippen LogP contribution in [0.2, 0.25) is 5.02 Å². The Labute approximate surface area is 146 Å². The van der Waals surface area contributed by atoms with Crippen molar-refractivity contribution in [3.63, 3.8) is 0 Å². The summed E-state index contributed by atoms with van der Waals surface area (Å²) in [6.07, 6.45) is 1.87. The molecule has 0 saturated carbocycles. The number of hydrogen-bond donors (Lipinski definition) is 2. The maximum atomic E-state index is 13.2. The van der Waals surface area contributed by atoms with Gasteiger partial charge in [0.15, 0.2) is 0 Å². The number of benzene rings is 1. The molecule has 24 heavy (non-hydrogen) atoms. The topological polar surface area (TPSA) is 61.4 Å². The zero-order valence-electron chi connectivity index (χ0n) is 13.9. The van der Waals surface area contributed by atoms with Crippen LogP contribution in [0.1, 0.15) is 26.7 Å². The van der Waals surface area contributed by atoms with Crippen molar-refractivity contribution in [2.45, 2.75) is 26.7 Å². The molecule has 1 atom stereocenters. The Morgan fingerprint density at radius 3 is 2.83 bits per heavy atom. The highest BCUT2D eigenvalue weighted by atomic mass is 35.5. The molecule has 1 aliphatic rings. The number of carbonyl (C=O) groups excluding carboxylic acids is 2. The molecule has 0 spiro atoms. The third-order valence-corrected chi connectivity index (χ3v) is 4.36.